The first-order valence-electron chi connectivity index (χ1n) is 6.10. The highest BCUT2D eigenvalue weighted by atomic mass is 32.2. The molecule has 0 unspecified atom stereocenters. The summed E-state index contributed by atoms with van der Waals surface area (Å²) < 4.78 is 31.1. The summed E-state index contributed by atoms with van der Waals surface area (Å²) in [5.41, 5.74) is 0.634. The van der Waals surface area contributed by atoms with Gasteiger partial charge in [-0.2, -0.15) is 0 Å². The van der Waals surface area contributed by atoms with Crippen LogP contribution in [-0.2, 0) is 4.79 Å². The third kappa shape index (κ3) is 4.46. The van der Waals surface area contributed by atoms with E-state index in [4.69, 9.17) is 4.74 Å². The Bertz CT molecular complexity index is 649. The summed E-state index contributed by atoms with van der Waals surface area (Å²) in [6.45, 7) is -0.355. The molecule has 21 heavy (non-hydrogen) atoms. The van der Waals surface area contributed by atoms with Gasteiger partial charge in [-0.1, -0.05) is 6.07 Å². The minimum absolute atomic E-state index is 0.163. The number of halogens is 2. The van der Waals surface area contributed by atoms with E-state index < -0.39 is 17.5 Å². The number of ether oxygens (including phenoxy) is 1. The molecule has 0 radical (unpaired) electrons. The number of rotatable bonds is 5. The molecule has 0 aliphatic rings. The van der Waals surface area contributed by atoms with Crippen LogP contribution in [0.25, 0.3) is 0 Å². The molecule has 0 saturated heterocycles. The molecule has 0 atom stereocenters. The molecule has 3 nitrogen and oxygen atoms in total. The van der Waals surface area contributed by atoms with Gasteiger partial charge in [-0.25, -0.2) is 8.78 Å². The second-order valence-corrected chi connectivity index (χ2v) is 5.02. The van der Waals surface area contributed by atoms with Crippen LogP contribution in [0, 0.1) is 11.6 Å². The van der Waals surface area contributed by atoms with E-state index >= 15 is 0 Å². The lowest BCUT2D eigenvalue weighted by molar-refractivity contribution is -0.118. The van der Waals surface area contributed by atoms with E-state index in [1.165, 1.54) is 0 Å². The molecule has 1 amide bonds. The van der Waals surface area contributed by atoms with Crippen molar-refractivity contribution >= 4 is 23.4 Å². The zero-order chi connectivity index (χ0) is 15.2. The summed E-state index contributed by atoms with van der Waals surface area (Å²) >= 11 is 1.56. The van der Waals surface area contributed by atoms with Gasteiger partial charge in [0.25, 0.3) is 5.91 Å². The first-order chi connectivity index (χ1) is 10.1. The van der Waals surface area contributed by atoms with Crippen LogP contribution < -0.4 is 10.1 Å². The highest BCUT2D eigenvalue weighted by molar-refractivity contribution is 7.98. The second kappa shape index (κ2) is 7.08. The quantitative estimate of drug-likeness (QED) is 0.856. The Morgan fingerprint density at radius 2 is 2.05 bits per heavy atom. The zero-order valence-corrected chi connectivity index (χ0v) is 12.0. The predicted octanol–water partition coefficient (Wildman–Crippen LogP) is 3.70. The molecule has 0 aromatic heterocycles. The molecule has 0 heterocycles. The Labute approximate surface area is 125 Å². The molecule has 2 aromatic carbocycles. The van der Waals surface area contributed by atoms with E-state index in [1.54, 1.807) is 17.8 Å². The van der Waals surface area contributed by atoms with E-state index in [-0.39, 0.29) is 12.4 Å². The van der Waals surface area contributed by atoms with Crippen LogP contribution in [0.5, 0.6) is 5.75 Å². The minimum atomic E-state index is -0.841. The molecule has 2 aromatic rings. The molecule has 1 N–H and O–H groups in total. The lowest BCUT2D eigenvalue weighted by atomic mass is 10.3. The van der Waals surface area contributed by atoms with Crippen molar-refractivity contribution in [1.29, 1.82) is 0 Å². The van der Waals surface area contributed by atoms with Gasteiger partial charge in [0.1, 0.15) is 5.82 Å². The SMILES string of the molecule is CSc1cccc(NC(=O)COc2ccc(F)cc2F)c1. The normalized spacial score (nSPS) is 10.2. The maximum Gasteiger partial charge on any atom is 0.262 e. The molecule has 110 valence electrons. The first-order valence-corrected chi connectivity index (χ1v) is 7.32. The summed E-state index contributed by atoms with van der Waals surface area (Å²) in [6.07, 6.45) is 1.93. The fourth-order valence-corrected chi connectivity index (χ4v) is 2.09. The minimum Gasteiger partial charge on any atom is -0.481 e. The maximum absolute atomic E-state index is 13.3. The topological polar surface area (TPSA) is 38.3 Å². The van der Waals surface area contributed by atoms with Crippen molar-refractivity contribution in [3.05, 3.63) is 54.1 Å². The Hall–Kier alpha value is -2.08. The second-order valence-electron chi connectivity index (χ2n) is 4.14. The van der Waals surface area contributed by atoms with Gasteiger partial charge in [-0.05, 0) is 36.6 Å². The van der Waals surface area contributed by atoms with Gasteiger partial charge in [0, 0.05) is 16.6 Å². The van der Waals surface area contributed by atoms with Gasteiger partial charge in [-0.15, -0.1) is 11.8 Å². The molecule has 0 saturated carbocycles. The lowest BCUT2D eigenvalue weighted by Gasteiger charge is -2.09. The smallest absolute Gasteiger partial charge is 0.262 e. The van der Waals surface area contributed by atoms with Crippen molar-refractivity contribution in [2.45, 2.75) is 4.90 Å². The average molecular weight is 309 g/mol. The fraction of sp³-hybridized carbons (Fsp3) is 0.133. The summed E-state index contributed by atoms with van der Waals surface area (Å²) in [5, 5.41) is 2.64. The molecule has 0 aliphatic carbocycles. The number of hydrogen-bond acceptors (Lipinski definition) is 3. The van der Waals surface area contributed by atoms with E-state index in [1.807, 2.05) is 24.5 Å². The highest BCUT2D eigenvalue weighted by Crippen LogP contribution is 2.20. The zero-order valence-electron chi connectivity index (χ0n) is 11.2. The molecule has 2 rings (SSSR count). The van der Waals surface area contributed by atoms with Crippen molar-refractivity contribution in [2.24, 2.45) is 0 Å². The van der Waals surface area contributed by atoms with E-state index in [0.29, 0.717) is 11.8 Å². The molecule has 0 spiro atoms. The number of amides is 1. The van der Waals surface area contributed by atoms with Crippen LogP contribution in [0.1, 0.15) is 0 Å². The van der Waals surface area contributed by atoms with Gasteiger partial charge in [-0.3, -0.25) is 4.79 Å². The average Bonchev–Trinajstić information content (AvgIpc) is 2.46. The van der Waals surface area contributed by atoms with E-state index in [9.17, 15) is 13.6 Å². The predicted molar refractivity (Wildman–Crippen MR) is 78.7 cm³/mol. The number of benzene rings is 2. The van der Waals surface area contributed by atoms with Gasteiger partial charge in [0.05, 0.1) is 0 Å². The number of nitrogens with one attached hydrogen (secondary N) is 1. The van der Waals surface area contributed by atoms with Crippen molar-refractivity contribution < 1.29 is 18.3 Å². The van der Waals surface area contributed by atoms with Crippen LogP contribution in [0.3, 0.4) is 0 Å². The number of carbonyl (C=O) groups excluding carboxylic acids is 1. The van der Waals surface area contributed by atoms with Crippen molar-refractivity contribution in [2.75, 3.05) is 18.2 Å². The summed E-state index contributed by atoms with van der Waals surface area (Å²) in [7, 11) is 0. The molecule has 0 aliphatic heterocycles. The van der Waals surface area contributed by atoms with Gasteiger partial charge in [0.2, 0.25) is 0 Å². The van der Waals surface area contributed by atoms with Crippen molar-refractivity contribution in [3.8, 4) is 5.75 Å². The van der Waals surface area contributed by atoms with Crippen LogP contribution in [-0.4, -0.2) is 18.8 Å². The van der Waals surface area contributed by atoms with Gasteiger partial charge in [0.15, 0.2) is 18.2 Å². The maximum atomic E-state index is 13.3. The van der Waals surface area contributed by atoms with E-state index in [0.717, 1.165) is 17.0 Å². The van der Waals surface area contributed by atoms with E-state index in [2.05, 4.69) is 5.32 Å². The number of thioether (sulfide) groups is 1. The van der Waals surface area contributed by atoms with Crippen LogP contribution in [0.2, 0.25) is 0 Å². The van der Waals surface area contributed by atoms with Gasteiger partial charge >= 0.3 is 0 Å². The van der Waals surface area contributed by atoms with Crippen LogP contribution >= 0.6 is 11.8 Å². The third-order valence-corrected chi connectivity index (χ3v) is 3.33. The monoisotopic (exact) mass is 309 g/mol. The molecule has 0 bridgehead atoms. The number of anilines is 1. The highest BCUT2D eigenvalue weighted by Gasteiger charge is 2.08. The molecule has 6 heteroatoms. The largest absolute Gasteiger partial charge is 0.481 e. The number of carbonyl (C=O) groups is 1. The lowest BCUT2D eigenvalue weighted by Crippen LogP contribution is -2.20. The first kappa shape index (κ1) is 15.3. The van der Waals surface area contributed by atoms with Gasteiger partial charge < -0.3 is 10.1 Å². The number of hydrogen-bond donors (Lipinski definition) is 1. The summed E-state index contributed by atoms with van der Waals surface area (Å²) in [4.78, 5) is 12.7. The Kier molecular flexibility index (Phi) is 5.16. The molecule has 0 fully saturated rings. The Morgan fingerprint density at radius 3 is 2.76 bits per heavy atom. The molecular weight excluding hydrogens is 296 g/mol. The Morgan fingerprint density at radius 1 is 1.24 bits per heavy atom. The fourth-order valence-electron chi connectivity index (χ4n) is 1.63. The summed E-state index contributed by atoms with van der Waals surface area (Å²) in [5.74, 6) is -2.12. The standard InChI is InChI=1S/C15H13F2NO2S/c1-21-12-4-2-3-11(8-12)18-15(19)9-20-14-6-5-10(16)7-13(14)17/h2-8H,9H2,1H3,(H,18,19). The van der Waals surface area contributed by atoms with Crippen LogP contribution in [0.4, 0.5) is 14.5 Å². The van der Waals surface area contributed by atoms with Crippen molar-refractivity contribution in [1.82, 2.24) is 0 Å². The summed E-state index contributed by atoms with van der Waals surface area (Å²) in [6, 6.07) is 10.2. The van der Waals surface area contributed by atoms with Crippen molar-refractivity contribution in [3.63, 3.8) is 0 Å². The third-order valence-electron chi connectivity index (χ3n) is 2.61. The Balaban J connectivity index is 1.92. The van der Waals surface area contributed by atoms with Crippen LogP contribution in [0.15, 0.2) is 47.4 Å². The molecular formula is C15H13F2NO2S.